The Balaban J connectivity index is 1.87. The van der Waals surface area contributed by atoms with E-state index in [1.807, 2.05) is 0 Å². The van der Waals surface area contributed by atoms with Gasteiger partial charge >= 0.3 is 0 Å². The van der Waals surface area contributed by atoms with Gasteiger partial charge in [0.2, 0.25) is 0 Å². The Hall–Kier alpha value is -0.120. The minimum absolute atomic E-state index is 0.653. The van der Waals surface area contributed by atoms with E-state index in [1.165, 1.54) is 25.7 Å². The first kappa shape index (κ1) is 12.9. The van der Waals surface area contributed by atoms with Gasteiger partial charge in [-0.15, -0.1) is 0 Å². The lowest BCUT2D eigenvalue weighted by molar-refractivity contribution is 0.0640. The Morgan fingerprint density at radius 2 is 2.07 bits per heavy atom. The van der Waals surface area contributed by atoms with Crippen LogP contribution in [-0.4, -0.2) is 32.8 Å². The number of rotatable bonds is 7. The molecule has 15 heavy (non-hydrogen) atoms. The third-order valence-electron chi connectivity index (χ3n) is 3.29. The number of nitrogens with two attached hydrogens (primary N) is 1. The average molecular weight is 214 g/mol. The maximum absolute atomic E-state index is 5.56. The van der Waals surface area contributed by atoms with E-state index in [4.69, 9.17) is 10.5 Å². The van der Waals surface area contributed by atoms with E-state index in [-0.39, 0.29) is 0 Å². The van der Waals surface area contributed by atoms with Crippen molar-refractivity contribution in [2.24, 2.45) is 17.6 Å². The highest BCUT2D eigenvalue weighted by Gasteiger charge is 2.12. The molecule has 1 aliphatic rings. The monoisotopic (exact) mass is 214 g/mol. The molecule has 0 aliphatic carbocycles. The SMILES string of the molecule is CC(CN)CCNCCC1CCOCC1. The van der Waals surface area contributed by atoms with Crippen LogP contribution in [0.5, 0.6) is 0 Å². The highest BCUT2D eigenvalue weighted by molar-refractivity contribution is 4.65. The Bertz CT molecular complexity index is 147. The number of hydrogen-bond donors (Lipinski definition) is 2. The van der Waals surface area contributed by atoms with E-state index in [0.29, 0.717) is 5.92 Å². The maximum Gasteiger partial charge on any atom is 0.0468 e. The fourth-order valence-electron chi connectivity index (χ4n) is 1.93. The van der Waals surface area contributed by atoms with Crippen molar-refractivity contribution >= 4 is 0 Å². The van der Waals surface area contributed by atoms with Gasteiger partial charge in [-0.3, -0.25) is 0 Å². The quantitative estimate of drug-likeness (QED) is 0.629. The molecular weight excluding hydrogens is 188 g/mol. The van der Waals surface area contributed by atoms with Gasteiger partial charge in [-0.25, -0.2) is 0 Å². The molecule has 3 heteroatoms. The summed E-state index contributed by atoms with van der Waals surface area (Å²) in [6.07, 6.45) is 5.01. The molecule has 0 bridgehead atoms. The van der Waals surface area contributed by atoms with Crippen LogP contribution in [0.4, 0.5) is 0 Å². The smallest absolute Gasteiger partial charge is 0.0468 e. The molecule has 0 saturated carbocycles. The Morgan fingerprint density at radius 1 is 1.33 bits per heavy atom. The summed E-state index contributed by atoms with van der Waals surface area (Å²) in [5.74, 6) is 1.54. The van der Waals surface area contributed by atoms with E-state index < -0.39 is 0 Å². The summed E-state index contributed by atoms with van der Waals surface area (Å²) in [7, 11) is 0. The largest absolute Gasteiger partial charge is 0.381 e. The molecule has 1 aliphatic heterocycles. The fraction of sp³-hybridized carbons (Fsp3) is 1.00. The van der Waals surface area contributed by atoms with Gasteiger partial charge in [-0.1, -0.05) is 6.92 Å². The van der Waals surface area contributed by atoms with Crippen LogP contribution in [0.15, 0.2) is 0 Å². The van der Waals surface area contributed by atoms with Gasteiger partial charge in [0.1, 0.15) is 0 Å². The van der Waals surface area contributed by atoms with Crippen LogP contribution < -0.4 is 11.1 Å². The summed E-state index contributed by atoms with van der Waals surface area (Å²) in [4.78, 5) is 0. The second-order valence-electron chi connectivity index (χ2n) is 4.72. The molecule has 1 saturated heterocycles. The summed E-state index contributed by atoms with van der Waals surface area (Å²) in [5, 5.41) is 3.50. The van der Waals surface area contributed by atoms with Crippen LogP contribution in [0.1, 0.15) is 32.6 Å². The minimum Gasteiger partial charge on any atom is -0.381 e. The van der Waals surface area contributed by atoms with Crippen LogP contribution in [0, 0.1) is 11.8 Å². The predicted octanol–water partition coefficient (Wildman–Crippen LogP) is 1.38. The molecule has 3 nitrogen and oxygen atoms in total. The Kier molecular flexibility index (Phi) is 6.98. The summed E-state index contributed by atoms with van der Waals surface area (Å²) in [6.45, 7) is 7.22. The normalized spacial score (nSPS) is 20.4. The molecule has 1 atom stereocenters. The number of nitrogens with one attached hydrogen (secondary N) is 1. The zero-order chi connectivity index (χ0) is 10.9. The highest BCUT2D eigenvalue weighted by atomic mass is 16.5. The lowest BCUT2D eigenvalue weighted by Gasteiger charge is -2.22. The van der Waals surface area contributed by atoms with Gasteiger partial charge in [0.05, 0.1) is 0 Å². The van der Waals surface area contributed by atoms with Gasteiger partial charge in [-0.05, 0) is 57.2 Å². The third kappa shape index (κ3) is 6.13. The topological polar surface area (TPSA) is 47.3 Å². The van der Waals surface area contributed by atoms with E-state index in [0.717, 1.165) is 38.8 Å². The predicted molar refractivity (Wildman–Crippen MR) is 63.9 cm³/mol. The van der Waals surface area contributed by atoms with Crippen molar-refractivity contribution in [2.45, 2.75) is 32.6 Å². The standard InChI is InChI=1S/C12H26N2O/c1-11(10-13)2-6-14-7-3-12-4-8-15-9-5-12/h11-12,14H,2-10,13H2,1H3. The molecule has 0 radical (unpaired) electrons. The van der Waals surface area contributed by atoms with Crippen molar-refractivity contribution in [3.8, 4) is 0 Å². The molecule has 0 aromatic rings. The van der Waals surface area contributed by atoms with Crippen LogP contribution in [0.25, 0.3) is 0 Å². The number of ether oxygens (including phenoxy) is 1. The highest BCUT2D eigenvalue weighted by Crippen LogP contribution is 2.17. The molecule has 1 fully saturated rings. The summed E-state index contributed by atoms with van der Waals surface area (Å²) < 4.78 is 5.34. The van der Waals surface area contributed by atoms with Crippen LogP contribution in [0.3, 0.4) is 0 Å². The van der Waals surface area contributed by atoms with Gasteiger partial charge in [0, 0.05) is 13.2 Å². The van der Waals surface area contributed by atoms with Crippen LogP contribution in [0.2, 0.25) is 0 Å². The zero-order valence-corrected chi connectivity index (χ0v) is 10.0. The fourth-order valence-corrected chi connectivity index (χ4v) is 1.93. The Morgan fingerprint density at radius 3 is 2.73 bits per heavy atom. The van der Waals surface area contributed by atoms with E-state index in [1.54, 1.807) is 0 Å². The number of hydrogen-bond acceptors (Lipinski definition) is 3. The molecule has 0 amide bonds. The van der Waals surface area contributed by atoms with Crippen molar-refractivity contribution in [1.82, 2.24) is 5.32 Å². The second kappa shape index (κ2) is 8.08. The van der Waals surface area contributed by atoms with Crippen molar-refractivity contribution in [1.29, 1.82) is 0 Å². The summed E-state index contributed by atoms with van der Waals surface area (Å²) in [6, 6.07) is 0. The lowest BCUT2D eigenvalue weighted by atomic mass is 9.97. The molecule has 0 aromatic heterocycles. The average Bonchev–Trinajstić information content (AvgIpc) is 2.29. The van der Waals surface area contributed by atoms with Gasteiger partial charge in [0.25, 0.3) is 0 Å². The first-order chi connectivity index (χ1) is 7.33. The first-order valence-corrected chi connectivity index (χ1v) is 6.31. The van der Waals surface area contributed by atoms with E-state index in [2.05, 4.69) is 12.2 Å². The van der Waals surface area contributed by atoms with Crippen molar-refractivity contribution in [3.63, 3.8) is 0 Å². The van der Waals surface area contributed by atoms with Crippen LogP contribution in [-0.2, 0) is 4.74 Å². The van der Waals surface area contributed by atoms with Crippen LogP contribution >= 0.6 is 0 Å². The second-order valence-corrected chi connectivity index (χ2v) is 4.72. The van der Waals surface area contributed by atoms with Crippen molar-refractivity contribution in [2.75, 3.05) is 32.8 Å². The van der Waals surface area contributed by atoms with Gasteiger partial charge < -0.3 is 15.8 Å². The third-order valence-corrected chi connectivity index (χ3v) is 3.29. The van der Waals surface area contributed by atoms with E-state index in [9.17, 15) is 0 Å². The Labute approximate surface area is 93.8 Å². The molecule has 1 heterocycles. The molecule has 3 N–H and O–H groups in total. The molecule has 0 aromatic carbocycles. The molecular formula is C12H26N2O. The zero-order valence-electron chi connectivity index (χ0n) is 10.0. The molecule has 1 rings (SSSR count). The van der Waals surface area contributed by atoms with Gasteiger partial charge in [-0.2, -0.15) is 0 Å². The summed E-state index contributed by atoms with van der Waals surface area (Å²) in [5.41, 5.74) is 5.56. The van der Waals surface area contributed by atoms with Crippen molar-refractivity contribution < 1.29 is 4.74 Å². The molecule has 90 valence electrons. The van der Waals surface area contributed by atoms with Gasteiger partial charge in [0.15, 0.2) is 0 Å². The summed E-state index contributed by atoms with van der Waals surface area (Å²) >= 11 is 0. The maximum atomic E-state index is 5.56. The lowest BCUT2D eigenvalue weighted by Crippen LogP contribution is -2.25. The van der Waals surface area contributed by atoms with Crippen molar-refractivity contribution in [3.05, 3.63) is 0 Å². The minimum atomic E-state index is 0.653. The molecule has 1 unspecified atom stereocenters. The van der Waals surface area contributed by atoms with E-state index >= 15 is 0 Å². The first-order valence-electron chi connectivity index (χ1n) is 6.31. The molecule has 0 spiro atoms.